The highest BCUT2D eigenvalue weighted by atomic mass is 16.4. The number of aromatic amines is 2. The van der Waals surface area contributed by atoms with Gasteiger partial charge in [-0.15, -0.1) is 0 Å². The molecule has 0 unspecified atom stereocenters. The van der Waals surface area contributed by atoms with Gasteiger partial charge in [0.25, 0.3) is 0 Å². The van der Waals surface area contributed by atoms with Crippen LogP contribution in [0, 0.1) is 6.92 Å². The fourth-order valence-electron chi connectivity index (χ4n) is 2.10. The first-order valence-corrected chi connectivity index (χ1v) is 5.51. The van der Waals surface area contributed by atoms with E-state index < -0.39 is 5.97 Å². The molecule has 0 aliphatic heterocycles. The van der Waals surface area contributed by atoms with Crippen molar-refractivity contribution in [2.45, 2.75) is 6.92 Å². The summed E-state index contributed by atoms with van der Waals surface area (Å²) in [5.41, 5.74) is 3.66. The first-order valence-electron chi connectivity index (χ1n) is 5.51. The molecule has 2 aromatic heterocycles. The maximum atomic E-state index is 11.1. The number of carboxylic acid groups (broad SMARTS) is 1. The number of aromatic nitrogens is 3. The molecule has 0 amide bonds. The number of H-pyrrole nitrogens is 2. The van der Waals surface area contributed by atoms with Crippen molar-refractivity contribution >= 4 is 16.9 Å². The summed E-state index contributed by atoms with van der Waals surface area (Å²) >= 11 is 0. The molecule has 90 valence electrons. The van der Waals surface area contributed by atoms with Gasteiger partial charge in [0.15, 0.2) is 0 Å². The lowest BCUT2D eigenvalue weighted by molar-refractivity contribution is 0.0698. The predicted octanol–water partition coefficient (Wildman–Crippen LogP) is 2.56. The van der Waals surface area contributed by atoms with E-state index in [9.17, 15) is 4.79 Å². The van der Waals surface area contributed by atoms with Gasteiger partial charge >= 0.3 is 5.97 Å². The molecule has 3 N–H and O–H groups in total. The Hall–Kier alpha value is -2.56. The highest BCUT2D eigenvalue weighted by molar-refractivity contribution is 6.01. The molecule has 0 atom stereocenters. The van der Waals surface area contributed by atoms with Gasteiger partial charge in [-0.05, 0) is 18.6 Å². The Morgan fingerprint density at radius 1 is 1.39 bits per heavy atom. The Bertz CT molecular complexity index is 740. The van der Waals surface area contributed by atoms with Gasteiger partial charge in [-0.3, -0.25) is 5.10 Å². The van der Waals surface area contributed by atoms with Crippen LogP contribution in [-0.4, -0.2) is 26.3 Å². The van der Waals surface area contributed by atoms with Crippen LogP contribution in [0.3, 0.4) is 0 Å². The monoisotopic (exact) mass is 241 g/mol. The van der Waals surface area contributed by atoms with Crippen LogP contribution in [0.4, 0.5) is 0 Å². The van der Waals surface area contributed by atoms with Crippen molar-refractivity contribution in [3.05, 3.63) is 41.7 Å². The van der Waals surface area contributed by atoms with Crippen molar-refractivity contribution in [2.75, 3.05) is 0 Å². The molecule has 0 aliphatic carbocycles. The Balaban J connectivity index is 2.26. The van der Waals surface area contributed by atoms with E-state index in [0.717, 1.165) is 22.0 Å². The van der Waals surface area contributed by atoms with E-state index in [1.54, 1.807) is 6.20 Å². The smallest absolute Gasteiger partial charge is 0.339 e. The van der Waals surface area contributed by atoms with E-state index >= 15 is 0 Å². The molecule has 0 spiro atoms. The topological polar surface area (TPSA) is 81.8 Å². The van der Waals surface area contributed by atoms with Crippen LogP contribution in [0.5, 0.6) is 0 Å². The summed E-state index contributed by atoms with van der Waals surface area (Å²) < 4.78 is 0. The molecule has 0 fully saturated rings. The van der Waals surface area contributed by atoms with Crippen LogP contribution in [0.25, 0.3) is 22.2 Å². The van der Waals surface area contributed by atoms with Crippen molar-refractivity contribution < 1.29 is 9.90 Å². The number of nitrogens with one attached hydrogen (secondary N) is 2. The van der Waals surface area contributed by atoms with E-state index in [1.165, 1.54) is 6.20 Å². The zero-order chi connectivity index (χ0) is 12.7. The minimum atomic E-state index is -0.986. The van der Waals surface area contributed by atoms with Crippen molar-refractivity contribution in [1.82, 2.24) is 15.2 Å². The summed E-state index contributed by atoms with van der Waals surface area (Å²) in [5, 5.41) is 16.6. The van der Waals surface area contributed by atoms with Gasteiger partial charge in [0.05, 0.1) is 11.9 Å². The van der Waals surface area contributed by atoms with E-state index in [-0.39, 0.29) is 5.56 Å². The number of fused-ring (bicyclic) bond motifs is 1. The van der Waals surface area contributed by atoms with Crippen molar-refractivity contribution in [3.8, 4) is 11.3 Å². The highest BCUT2D eigenvalue weighted by Gasteiger charge is 2.16. The van der Waals surface area contributed by atoms with Crippen molar-refractivity contribution in [2.24, 2.45) is 0 Å². The molecule has 0 aliphatic rings. The SMILES string of the molecule is Cc1ccc2c(-c3[nH]ncc3C(=O)O)c[nH]c2c1. The molecule has 0 radical (unpaired) electrons. The summed E-state index contributed by atoms with van der Waals surface area (Å²) in [5.74, 6) is -0.986. The maximum absolute atomic E-state index is 11.1. The number of aromatic carboxylic acids is 1. The van der Waals surface area contributed by atoms with Crippen molar-refractivity contribution in [3.63, 3.8) is 0 Å². The van der Waals surface area contributed by atoms with Gasteiger partial charge in [-0.2, -0.15) is 5.10 Å². The molecule has 18 heavy (non-hydrogen) atoms. The maximum Gasteiger partial charge on any atom is 0.339 e. The number of hydrogen-bond donors (Lipinski definition) is 3. The number of nitrogens with zero attached hydrogens (tertiary/aromatic N) is 1. The second-order valence-electron chi connectivity index (χ2n) is 4.22. The lowest BCUT2D eigenvalue weighted by atomic mass is 10.1. The molecule has 1 aromatic carbocycles. The average molecular weight is 241 g/mol. The van der Waals surface area contributed by atoms with Gasteiger partial charge in [-0.1, -0.05) is 12.1 Å². The number of carboxylic acids is 1. The molecule has 0 saturated carbocycles. The Morgan fingerprint density at radius 2 is 2.22 bits per heavy atom. The van der Waals surface area contributed by atoms with Gasteiger partial charge in [0.2, 0.25) is 0 Å². The summed E-state index contributed by atoms with van der Waals surface area (Å²) in [6.45, 7) is 2.01. The molecule has 5 heteroatoms. The fourth-order valence-corrected chi connectivity index (χ4v) is 2.10. The number of rotatable bonds is 2. The third-order valence-electron chi connectivity index (χ3n) is 2.98. The first kappa shape index (κ1) is 10.6. The number of aryl methyl sites for hydroxylation is 1. The molecule has 3 aromatic rings. The van der Waals surface area contributed by atoms with Gasteiger partial charge in [-0.25, -0.2) is 4.79 Å². The zero-order valence-electron chi connectivity index (χ0n) is 9.69. The lowest BCUT2D eigenvalue weighted by Crippen LogP contribution is -1.96. The third-order valence-corrected chi connectivity index (χ3v) is 2.98. The minimum absolute atomic E-state index is 0.177. The van der Waals surface area contributed by atoms with Crippen LogP contribution < -0.4 is 0 Å². The highest BCUT2D eigenvalue weighted by Crippen LogP contribution is 2.29. The summed E-state index contributed by atoms with van der Waals surface area (Å²) in [4.78, 5) is 14.2. The second kappa shape index (κ2) is 3.73. The van der Waals surface area contributed by atoms with Gasteiger partial charge in [0.1, 0.15) is 5.56 Å². The van der Waals surface area contributed by atoms with E-state index in [2.05, 4.69) is 15.2 Å². The fraction of sp³-hybridized carbons (Fsp3) is 0.0769. The molecule has 0 bridgehead atoms. The lowest BCUT2D eigenvalue weighted by Gasteiger charge is -1.98. The van der Waals surface area contributed by atoms with E-state index in [0.29, 0.717) is 5.69 Å². The first-order chi connectivity index (χ1) is 8.66. The Kier molecular flexibility index (Phi) is 2.19. The van der Waals surface area contributed by atoms with Gasteiger partial charge < -0.3 is 10.1 Å². The number of carbonyl (C=O) groups is 1. The van der Waals surface area contributed by atoms with Crippen LogP contribution >= 0.6 is 0 Å². The van der Waals surface area contributed by atoms with E-state index in [4.69, 9.17) is 5.11 Å². The molecule has 2 heterocycles. The van der Waals surface area contributed by atoms with Crippen molar-refractivity contribution in [1.29, 1.82) is 0 Å². The number of hydrogen-bond acceptors (Lipinski definition) is 2. The standard InChI is InChI=1S/C13H11N3O2/c1-7-2-3-8-9(5-14-11(8)4-7)12-10(13(17)18)6-15-16-12/h2-6,14H,1H3,(H,15,16)(H,17,18). The van der Waals surface area contributed by atoms with Crippen LogP contribution in [0.2, 0.25) is 0 Å². The zero-order valence-corrected chi connectivity index (χ0v) is 9.69. The molecule has 3 rings (SSSR count). The van der Waals surface area contributed by atoms with Crippen LogP contribution in [0.1, 0.15) is 15.9 Å². The van der Waals surface area contributed by atoms with E-state index in [1.807, 2.05) is 25.1 Å². The normalized spacial score (nSPS) is 10.9. The second-order valence-corrected chi connectivity index (χ2v) is 4.22. The summed E-state index contributed by atoms with van der Waals surface area (Å²) in [6, 6.07) is 6.00. The Morgan fingerprint density at radius 3 is 3.00 bits per heavy atom. The quantitative estimate of drug-likeness (QED) is 0.644. The molecular weight excluding hydrogens is 230 g/mol. The minimum Gasteiger partial charge on any atom is -0.478 e. The predicted molar refractivity (Wildman–Crippen MR) is 67.6 cm³/mol. The largest absolute Gasteiger partial charge is 0.478 e. The average Bonchev–Trinajstić information content (AvgIpc) is 2.92. The molecular formula is C13H11N3O2. The Labute approximate surface area is 102 Å². The summed E-state index contributed by atoms with van der Waals surface area (Å²) in [6.07, 6.45) is 3.12. The molecule has 0 saturated heterocycles. The molecule has 5 nitrogen and oxygen atoms in total. The van der Waals surface area contributed by atoms with Gasteiger partial charge in [0, 0.05) is 22.7 Å². The van der Waals surface area contributed by atoms with Crippen LogP contribution in [0.15, 0.2) is 30.6 Å². The summed E-state index contributed by atoms with van der Waals surface area (Å²) in [7, 11) is 0. The third kappa shape index (κ3) is 1.48. The number of benzene rings is 1. The van der Waals surface area contributed by atoms with Crippen LogP contribution in [-0.2, 0) is 0 Å².